The van der Waals surface area contributed by atoms with Crippen molar-refractivity contribution in [2.75, 3.05) is 13.1 Å². The minimum Gasteiger partial charge on any atom is -0.348 e. The smallest absolute Gasteiger partial charge is 0.272 e. The van der Waals surface area contributed by atoms with Gasteiger partial charge in [-0.05, 0) is 49.7 Å². The van der Waals surface area contributed by atoms with Crippen LogP contribution in [0.4, 0.5) is 0 Å². The molecule has 7 heteroatoms. The van der Waals surface area contributed by atoms with Gasteiger partial charge in [0.1, 0.15) is 0 Å². The summed E-state index contributed by atoms with van der Waals surface area (Å²) >= 11 is 11.9. The summed E-state index contributed by atoms with van der Waals surface area (Å²) in [4.78, 5) is 12.4. The molecule has 0 spiro atoms. The molecule has 2 unspecified atom stereocenters. The van der Waals surface area contributed by atoms with Gasteiger partial charge in [-0.3, -0.25) is 4.79 Å². The van der Waals surface area contributed by atoms with E-state index in [1.807, 2.05) is 0 Å². The molecule has 1 amide bonds. The number of hydrogen-bond acceptors (Lipinski definition) is 3. The zero-order valence-electron chi connectivity index (χ0n) is 12.7. The molecule has 1 aromatic carbocycles. The third kappa shape index (κ3) is 3.68. The Balaban J connectivity index is 1.73. The molecule has 122 valence electrons. The maximum Gasteiger partial charge on any atom is 0.272 e. The van der Waals surface area contributed by atoms with Crippen LogP contribution >= 0.6 is 23.2 Å². The second kappa shape index (κ2) is 6.91. The number of aromatic nitrogens is 2. The highest BCUT2D eigenvalue weighted by molar-refractivity contribution is 6.42. The Morgan fingerprint density at radius 3 is 2.91 bits per heavy atom. The Hall–Kier alpha value is -1.56. The van der Waals surface area contributed by atoms with Crippen LogP contribution in [0.15, 0.2) is 30.5 Å². The van der Waals surface area contributed by atoms with Gasteiger partial charge in [0, 0.05) is 12.2 Å². The van der Waals surface area contributed by atoms with E-state index >= 15 is 0 Å². The van der Waals surface area contributed by atoms with Crippen molar-refractivity contribution in [3.05, 3.63) is 46.2 Å². The fraction of sp³-hybridized carbons (Fsp3) is 0.375. The summed E-state index contributed by atoms with van der Waals surface area (Å²) in [6.07, 6.45) is 2.67. The lowest BCUT2D eigenvalue weighted by Crippen LogP contribution is -2.48. The zero-order valence-corrected chi connectivity index (χ0v) is 14.2. The van der Waals surface area contributed by atoms with E-state index < -0.39 is 0 Å². The van der Waals surface area contributed by atoms with Crippen molar-refractivity contribution in [3.63, 3.8) is 0 Å². The highest BCUT2D eigenvalue weighted by Gasteiger charge is 2.23. The number of halogens is 2. The van der Waals surface area contributed by atoms with Gasteiger partial charge < -0.3 is 10.6 Å². The lowest BCUT2D eigenvalue weighted by atomic mass is 9.95. The SMILES string of the molecule is CC1CNCCC1NC(=O)c1ccn(-c2ccc(Cl)c(Cl)c2)n1. The molecule has 2 heterocycles. The van der Waals surface area contributed by atoms with Gasteiger partial charge in [-0.2, -0.15) is 5.10 Å². The Bertz CT molecular complexity index is 716. The van der Waals surface area contributed by atoms with Crippen molar-refractivity contribution >= 4 is 29.1 Å². The summed E-state index contributed by atoms with van der Waals surface area (Å²) < 4.78 is 1.61. The third-order valence-electron chi connectivity index (χ3n) is 4.09. The number of nitrogens with one attached hydrogen (secondary N) is 2. The summed E-state index contributed by atoms with van der Waals surface area (Å²) in [6.45, 7) is 3.97. The van der Waals surface area contributed by atoms with Crippen LogP contribution in [0.2, 0.25) is 10.0 Å². The average molecular weight is 353 g/mol. The van der Waals surface area contributed by atoms with Gasteiger partial charge >= 0.3 is 0 Å². The van der Waals surface area contributed by atoms with Gasteiger partial charge in [-0.25, -0.2) is 4.68 Å². The van der Waals surface area contributed by atoms with Gasteiger partial charge in [0.05, 0.1) is 15.7 Å². The van der Waals surface area contributed by atoms with Gasteiger partial charge in [0.15, 0.2) is 5.69 Å². The average Bonchev–Trinajstić information content (AvgIpc) is 3.02. The minimum absolute atomic E-state index is 0.150. The van der Waals surface area contributed by atoms with E-state index in [4.69, 9.17) is 23.2 Å². The van der Waals surface area contributed by atoms with Gasteiger partial charge in [-0.1, -0.05) is 30.1 Å². The molecule has 2 aromatic rings. The number of benzene rings is 1. The first-order valence-corrected chi connectivity index (χ1v) is 8.33. The Morgan fingerprint density at radius 2 is 2.17 bits per heavy atom. The van der Waals surface area contributed by atoms with Crippen LogP contribution in [0.1, 0.15) is 23.8 Å². The van der Waals surface area contributed by atoms with Crippen LogP contribution in [-0.2, 0) is 0 Å². The number of carbonyl (C=O) groups is 1. The maximum atomic E-state index is 12.4. The van der Waals surface area contributed by atoms with Crippen LogP contribution in [0.3, 0.4) is 0 Å². The van der Waals surface area contributed by atoms with Crippen LogP contribution in [0.5, 0.6) is 0 Å². The predicted octanol–water partition coefficient (Wildman–Crippen LogP) is 2.91. The van der Waals surface area contributed by atoms with E-state index in [1.54, 1.807) is 35.1 Å². The molecule has 0 aliphatic carbocycles. The number of rotatable bonds is 3. The summed E-state index contributed by atoms with van der Waals surface area (Å²) in [7, 11) is 0. The quantitative estimate of drug-likeness (QED) is 0.892. The topological polar surface area (TPSA) is 58.9 Å². The number of nitrogens with zero attached hydrogens (tertiary/aromatic N) is 2. The molecule has 1 aromatic heterocycles. The fourth-order valence-electron chi connectivity index (χ4n) is 2.69. The van der Waals surface area contributed by atoms with E-state index in [2.05, 4.69) is 22.7 Å². The second-order valence-electron chi connectivity index (χ2n) is 5.79. The van der Waals surface area contributed by atoms with E-state index in [0.717, 1.165) is 25.2 Å². The highest BCUT2D eigenvalue weighted by Crippen LogP contribution is 2.24. The summed E-state index contributed by atoms with van der Waals surface area (Å²) in [6, 6.07) is 7.10. The largest absolute Gasteiger partial charge is 0.348 e. The second-order valence-corrected chi connectivity index (χ2v) is 6.61. The minimum atomic E-state index is -0.150. The van der Waals surface area contributed by atoms with E-state index in [9.17, 15) is 4.79 Å². The number of piperidine rings is 1. The predicted molar refractivity (Wildman–Crippen MR) is 91.5 cm³/mol. The van der Waals surface area contributed by atoms with Crippen molar-refractivity contribution < 1.29 is 4.79 Å². The normalized spacial score (nSPS) is 21.2. The fourth-order valence-corrected chi connectivity index (χ4v) is 2.98. The van der Waals surface area contributed by atoms with Crippen molar-refractivity contribution in [3.8, 4) is 5.69 Å². The van der Waals surface area contributed by atoms with Gasteiger partial charge in [0.25, 0.3) is 5.91 Å². The lowest BCUT2D eigenvalue weighted by Gasteiger charge is -2.29. The summed E-state index contributed by atoms with van der Waals surface area (Å²) in [5.41, 5.74) is 1.15. The molecule has 3 rings (SSSR count). The van der Waals surface area contributed by atoms with E-state index in [0.29, 0.717) is 21.7 Å². The molecule has 1 aliphatic heterocycles. The molecule has 1 fully saturated rings. The first-order valence-electron chi connectivity index (χ1n) is 7.57. The molecule has 0 saturated carbocycles. The summed E-state index contributed by atoms with van der Waals surface area (Å²) in [5, 5.41) is 11.7. The monoisotopic (exact) mass is 352 g/mol. The molecular formula is C16H18Cl2N4O. The molecule has 23 heavy (non-hydrogen) atoms. The molecule has 1 aliphatic rings. The number of hydrogen-bond donors (Lipinski definition) is 2. The Labute approximate surface area is 145 Å². The molecule has 0 bridgehead atoms. The summed E-state index contributed by atoms with van der Waals surface area (Å²) in [5.74, 6) is 0.257. The van der Waals surface area contributed by atoms with Gasteiger partial charge in [0.2, 0.25) is 0 Å². The molecule has 2 atom stereocenters. The Kier molecular flexibility index (Phi) is 4.90. The highest BCUT2D eigenvalue weighted by atomic mass is 35.5. The Morgan fingerprint density at radius 1 is 1.35 bits per heavy atom. The first-order chi connectivity index (χ1) is 11.0. The third-order valence-corrected chi connectivity index (χ3v) is 4.83. The van der Waals surface area contributed by atoms with Crippen molar-refractivity contribution in [2.45, 2.75) is 19.4 Å². The lowest BCUT2D eigenvalue weighted by molar-refractivity contribution is 0.0908. The van der Waals surface area contributed by atoms with E-state index in [1.165, 1.54) is 0 Å². The van der Waals surface area contributed by atoms with Crippen LogP contribution in [0.25, 0.3) is 5.69 Å². The van der Waals surface area contributed by atoms with Crippen molar-refractivity contribution in [2.24, 2.45) is 5.92 Å². The number of carbonyl (C=O) groups excluding carboxylic acids is 1. The molecule has 0 radical (unpaired) electrons. The van der Waals surface area contributed by atoms with Crippen LogP contribution in [-0.4, -0.2) is 34.8 Å². The van der Waals surface area contributed by atoms with Crippen LogP contribution < -0.4 is 10.6 Å². The van der Waals surface area contributed by atoms with E-state index in [-0.39, 0.29) is 11.9 Å². The van der Waals surface area contributed by atoms with Crippen LogP contribution in [0, 0.1) is 5.92 Å². The molecule has 5 nitrogen and oxygen atoms in total. The van der Waals surface area contributed by atoms with Gasteiger partial charge in [-0.15, -0.1) is 0 Å². The molecule has 2 N–H and O–H groups in total. The maximum absolute atomic E-state index is 12.4. The standard InChI is InChI=1S/C16H18Cl2N4O/c1-10-9-19-6-4-14(10)20-16(23)15-5-7-22(21-15)11-2-3-12(17)13(18)8-11/h2-3,5,7-8,10,14,19H,4,6,9H2,1H3,(H,20,23). The molecule has 1 saturated heterocycles. The number of amides is 1. The first kappa shape index (κ1) is 16.3. The zero-order chi connectivity index (χ0) is 16.4. The van der Waals surface area contributed by atoms with Crippen molar-refractivity contribution in [1.82, 2.24) is 20.4 Å². The van der Waals surface area contributed by atoms with Crippen molar-refractivity contribution in [1.29, 1.82) is 0 Å². The molecular weight excluding hydrogens is 335 g/mol.